The highest BCUT2D eigenvalue weighted by Crippen LogP contribution is 2.28. The molecule has 34 heavy (non-hydrogen) atoms. The molecular weight excluding hydrogens is 420 g/mol. The van der Waals surface area contributed by atoms with Gasteiger partial charge in [-0.1, -0.05) is 65.3 Å². The first-order valence-electron chi connectivity index (χ1n) is 12.2. The molecule has 176 valence electrons. The molecule has 1 aliphatic heterocycles. The lowest BCUT2D eigenvalue weighted by Gasteiger charge is -2.37. The molecule has 1 aromatic heterocycles. The number of fused-ring (bicyclic) bond motifs is 1. The van der Waals surface area contributed by atoms with Gasteiger partial charge in [0.15, 0.2) is 5.76 Å². The van der Waals surface area contributed by atoms with Crippen LogP contribution in [-0.4, -0.2) is 61.3 Å². The van der Waals surface area contributed by atoms with Crippen LogP contribution in [0.5, 0.6) is 0 Å². The van der Waals surface area contributed by atoms with E-state index in [1.54, 1.807) is 0 Å². The minimum atomic E-state index is 0.764. The number of aryl methyl sites for hydroxylation is 2. The number of anilines is 1. The quantitative estimate of drug-likeness (QED) is 0.375. The first-order valence-corrected chi connectivity index (χ1v) is 12.2. The minimum Gasteiger partial charge on any atom is -0.369 e. The topological polar surface area (TPSA) is 35.8 Å². The molecule has 4 aromatic rings. The Morgan fingerprint density at radius 1 is 0.912 bits per heavy atom. The fourth-order valence-electron chi connectivity index (χ4n) is 4.99. The highest BCUT2D eigenvalue weighted by molar-refractivity contribution is 5.95. The molecule has 0 spiro atoms. The van der Waals surface area contributed by atoms with Crippen LogP contribution in [0.25, 0.3) is 22.0 Å². The molecule has 0 unspecified atom stereocenters. The van der Waals surface area contributed by atoms with Crippen LogP contribution in [0.1, 0.15) is 16.9 Å². The minimum absolute atomic E-state index is 0.764. The van der Waals surface area contributed by atoms with Gasteiger partial charge in [0.25, 0.3) is 0 Å². The van der Waals surface area contributed by atoms with E-state index in [9.17, 15) is 0 Å². The summed E-state index contributed by atoms with van der Waals surface area (Å²) in [6.07, 6.45) is 0. The van der Waals surface area contributed by atoms with Crippen LogP contribution < -0.4 is 4.90 Å². The number of nitrogens with zero attached hydrogens (tertiary/aromatic N) is 4. The van der Waals surface area contributed by atoms with Crippen molar-refractivity contribution in [2.75, 3.05) is 51.2 Å². The SMILES string of the molecule is Cc1ccc(N2CCN(CCN(C)Cc3cc(-c4cccc5ccccc45)no3)CC2)c(C)c1. The summed E-state index contributed by atoms with van der Waals surface area (Å²) in [5, 5.41) is 6.80. The molecule has 3 aromatic carbocycles. The molecule has 1 aliphatic rings. The van der Waals surface area contributed by atoms with Gasteiger partial charge in [-0.3, -0.25) is 9.80 Å². The number of hydrogen-bond acceptors (Lipinski definition) is 5. The van der Waals surface area contributed by atoms with Gasteiger partial charge in [0.1, 0.15) is 5.69 Å². The number of benzene rings is 3. The monoisotopic (exact) mass is 454 g/mol. The molecule has 0 N–H and O–H groups in total. The fraction of sp³-hybridized carbons (Fsp3) is 0.345. The molecule has 0 bridgehead atoms. The highest BCUT2D eigenvalue weighted by Gasteiger charge is 2.19. The number of likely N-dealkylation sites (N-methyl/N-ethyl adjacent to an activating group) is 1. The van der Waals surface area contributed by atoms with Crippen LogP contribution in [0.15, 0.2) is 71.3 Å². The Hall–Kier alpha value is -3.15. The van der Waals surface area contributed by atoms with Crippen molar-refractivity contribution in [3.63, 3.8) is 0 Å². The molecular formula is C29H34N4O. The van der Waals surface area contributed by atoms with Crippen LogP contribution in [0.4, 0.5) is 5.69 Å². The molecule has 1 fully saturated rings. The number of piperazine rings is 1. The first-order chi connectivity index (χ1) is 16.6. The maximum absolute atomic E-state index is 5.70. The zero-order valence-corrected chi connectivity index (χ0v) is 20.5. The first kappa shape index (κ1) is 22.6. The molecule has 2 heterocycles. The average Bonchev–Trinajstić information content (AvgIpc) is 3.31. The summed E-state index contributed by atoms with van der Waals surface area (Å²) in [5.74, 6) is 0.907. The molecule has 0 saturated carbocycles. The van der Waals surface area contributed by atoms with Gasteiger partial charge in [0.05, 0.1) is 6.54 Å². The number of hydrogen-bond donors (Lipinski definition) is 0. The van der Waals surface area contributed by atoms with Crippen molar-refractivity contribution in [2.45, 2.75) is 20.4 Å². The summed E-state index contributed by atoms with van der Waals surface area (Å²) in [6, 6.07) is 23.6. The van der Waals surface area contributed by atoms with Gasteiger partial charge in [0.2, 0.25) is 0 Å². The second-order valence-corrected chi connectivity index (χ2v) is 9.56. The Bertz CT molecular complexity index is 1250. The average molecular weight is 455 g/mol. The van der Waals surface area contributed by atoms with E-state index in [-0.39, 0.29) is 0 Å². The summed E-state index contributed by atoms with van der Waals surface area (Å²) in [4.78, 5) is 7.42. The van der Waals surface area contributed by atoms with E-state index < -0.39 is 0 Å². The van der Waals surface area contributed by atoms with Gasteiger partial charge in [0, 0.05) is 56.6 Å². The summed E-state index contributed by atoms with van der Waals surface area (Å²) < 4.78 is 5.70. The van der Waals surface area contributed by atoms with Crippen LogP contribution in [0.2, 0.25) is 0 Å². The highest BCUT2D eigenvalue weighted by atomic mass is 16.5. The van der Waals surface area contributed by atoms with Gasteiger partial charge in [-0.05, 0) is 43.3 Å². The van der Waals surface area contributed by atoms with Crippen molar-refractivity contribution in [2.24, 2.45) is 0 Å². The van der Waals surface area contributed by atoms with Crippen molar-refractivity contribution in [1.29, 1.82) is 0 Å². The second kappa shape index (κ2) is 10.00. The van der Waals surface area contributed by atoms with E-state index >= 15 is 0 Å². The molecule has 5 nitrogen and oxygen atoms in total. The standard InChI is InChI=1S/C29H34N4O/c1-22-11-12-29(23(2)19-22)33-17-15-32(16-18-33)14-13-31(3)21-25-20-28(30-34-25)27-10-6-8-24-7-4-5-9-26(24)27/h4-12,19-20H,13-18,21H2,1-3H3. The molecule has 0 aliphatic carbocycles. The maximum atomic E-state index is 5.70. The molecule has 5 rings (SSSR count). The van der Waals surface area contributed by atoms with Gasteiger partial charge in [-0.15, -0.1) is 0 Å². The van der Waals surface area contributed by atoms with E-state index in [1.165, 1.54) is 27.6 Å². The number of aromatic nitrogens is 1. The van der Waals surface area contributed by atoms with Crippen LogP contribution in [0.3, 0.4) is 0 Å². The Morgan fingerprint density at radius 3 is 2.53 bits per heavy atom. The maximum Gasteiger partial charge on any atom is 0.151 e. The molecule has 0 radical (unpaired) electrons. The Kier molecular flexibility index (Phi) is 6.66. The zero-order chi connectivity index (χ0) is 23.5. The summed E-state index contributed by atoms with van der Waals surface area (Å²) in [5.41, 5.74) is 6.12. The van der Waals surface area contributed by atoms with Gasteiger partial charge >= 0.3 is 0 Å². The normalized spacial score (nSPS) is 14.9. The van der Waals surface area contributed by atoms with Crippen molar-refractivity contribution in [3.05, 3.63) is 83.6 Å². The summed E-state index contributed by atoms with van der Waals surface area (Å²) >= 11 is 0. The van der Waals surface area contributed by atoms with Gasteiger partial charge < -0.3 is 9.42 Å². The predicted octanol–water partition coefficient (Wildman–Crippen LogP) is 5.37. The number of rotatable bonds is 7. The predicted molar refractivity (Wildman–Crippen MR) is 140 cm³/mol. The molecule has 0 atom stereocenters. The zero-order valence-electron chi connectivity index (χ0n) is 20.5. The summed E-state index contributed by atoms with van der Waals surface area (Å²) in [6.45, 7) is 11.6. The van der Waals surface area contributed by atoms with Crippen molar-refractivity contribution < 1.29 is 4.52 Å². The third-order valence-electron chi connectivity index (χ3n) is 6.91. The third kappa shape index (κ3) is 5.01. The van der Waals surface area contributed by atoms with E-state index in [2.05, 4.69) is 107 Å². The lowest BCUT2D eigenvalue weighted by Crippen LogP contribution is -2.48. The summed E-state index contributed by atoms with van der Waals surface area (Å²) in [7, 11) is 2.16. The van der Waals surface area contributed by atoms with Crippen molar-refractivity contribution in [3.8, 4) is 11.3 Å². The van der Waals surface area contributed by atoms with Crippen LogP contribution in [0, 0.1) is 13.8 Å². The Labute approximate surface area is 202 Å². The van der Waals surface area contributed by atoms with E-state index in [0.29, 0.717) is 0 Å². The lowest BCUT2D eigenvalue weighted by atomic mass is 10.0. The van der Waals surface area contributed by atoms with Crippen molar-refractivity contribution in [1.82, 2.24) is 15.0 Å². The molecule has 5 heteroatoms. The van der Waals surface area contributed by atoms with E-state index in [4.69, 9.17) is 4.52 Å². The second-order valence-electron chi connectivity index (χ2n) is 9.56. The van der Waals surface area contributed by atoms with Crippen molar-refractivity contribution >= 4 is 16.5 Å². The van der Waals surface area contributed by atoms with Crippen LogP contribution in [-0.2, 0) is 6.54 Å². The molecule has 0 amide bonds. The fourth-order valence-corrected chi connectivity index (χ4v) is 4.99. The third-order valence-corrected chi connectivity index (χ3v) is 6.91. The largest absolute Gasteiger partial charge is 0.369 e. The van der Waals surface area contributed by atoms with E-state index in [0.717, 1.165) is 62.8 Å². The lowest BCUT2D eigenvalue weighted by molar-refractivity contribution is 0.202. The molecule has 1 saturated heterocycles. The Balaban J connectivity index is 1.13. The smallest absolute Gasteiger partial charge is 0.151 e. The van der Waals surface area contributed by atoms with Gasteiger partial charge in [-0.25, -0.2) is 0 Å². The van der Waals surface area contributed by atoms with Crippen LogP contribution >= 0.6 is 0 Å². The Morgan fingerprint density at radius 2 is 1.71 bits per heavy atom. The van der Waals surface area contributed by atoms with Gasteiger partial charge in [-0.2, -0.15) is 0 Å². The van der Waals surface area contributed by atoms with E-state index in [1.807, 2.05) is 0 Å².